The highest BCUT2D eigenvalue weighted by Gasteiger charge is 2.14. The molecular weight excluding hydrogens is 356 g/mol. The van der Waals surface area contributed by atoms with E-state index in [1.807, 2.05) is 44.2 Å². The first kappa shape index (κ1) is 19.3. The second-order valence-electron chi connectivity index (χ2n) is 6.71. The number of nitrogens with one attached hydrogen (secondary N) is 2. The lowest BCUT2D eigenvalue weighted by Gasteiger charge is -2.13. The van der Waals surface area contributed by atoms with Crippen LogP contribution in [0.3, 0.4) is 0 Å². The van der Waals surface area contributed by atoms with E-state index in [0.29, 0.717) is 17.0 Å². The van der Waals surface area contributed by atoms with Gasteiger partial charge >= 0.3 is 0 Å². The lowest BCUT2D eigenvalue weighted by atomic mass is 10.0. The number of nitrogens with zero attached hydrogens (tertiary/aromatic N) is 2. The number of aromatic amines is 1. The summed E-state index contributed by atoms with van der Waals surface area (Å²) in [5.41, 5.74) is 2.14. The minimum absolute atomic E-state index is 0.00138. The van der Waals surface area contributed by atoms with Gasteiger partial charge in [-0.05, 0) is 18.1 Å². The van der Waals surface area contributed by atoms with E-state index in [1.54, 1.807) is 6.07 Å². The van der Waals surface area contributed by atoms with E-state index in [9.17, 15) is 14.4 Å². The summed E-state index contributed by atoms with van der Waals surface area (Å²) in [6.45, 7) is 4.29. The van der Waals surface area contributed by atoms with Gasteiger partial charge in [0, 0.05) is 29.9 Å². The highest BCUT2D eigenvalue weighted by Crippen LogP contribution is 2.15. The third-order valence-electron chi connectivity index (χ3n) is 4.32. The van der Waals surface area contributed by atoms with Gasteiger partial charge < -0.3 is 10.3 Å². The van der Waals surface area contributed by atoms with Crippen molar-refractivity contribution in [1.29, 1.82) is 0 Å². The summed E-state index contributed by atoms with van der Waals surface area (Å²) in [4.78, 5) is 38.8. The van der Waals surface area contributed by atoms with E-state index >= 15 is 0 Å². The molecule has 0 aliphatic heterocycles. The maximum absolute atomic E-state index is 12.5. The highest BCUT2D eigenvalue weighted by molar-refractivity contribution is 5.95. The zero-order chi connectivity index (χ0) is 20.1. The molecule has 0 aliphatic rings. The summed E-state index contributed by atoms with van der Waals surface area (Å²) in [5, 5.41) is 7.16. The smallest absolute Gasteiger partial charge is 0.266 e. The summed E-state index contributed by atoms with van der Waals surface area (Å²) < 4.78 is 1.33. The van der Waals surface area contributed by atoms with Crippen molar-refractivity contribution in [3.8, 4) is 11.3 Å². The first-order valence-electron chi connectivity index (χ1n) is 9.10. The Labute approximate surface area is 162 Å². The van der Waals surface area contributed by atoms with Crippen LogP contribution in [0.4, 0.5) is 0 Å². The van der Waals surface area contributed by atoms with Crippen LogP contribution in [0.1, 0.15) is 35.8 Å². The molecule has 1 aromatic carbocycles. The fraction of sp³-hybridized carbons (Fsp3) is 0.238. The molecule has 7 heteroatoms. The van der Waals surface area contributed by atoms with Gasteiger partial charge in [-0.3, -0.25) is 14.4 Å². The van der Waals surface area contributed by atoms with Gasteiger partial charge in [0.2, 0.25) is 5.56 Å². The van der Waals surface area contributed by atoms with Crippen molar-refractivity contribution in [3.05, 3.63) is 86.6 Å². The number of H-pyrrole nitrogens is 1. The van der Waals surface area contributed by atoms with Crippen LogP contribution in [0.2, 0.25) is 0 Å². The second kappa shape index (κ2) is 8.47. The molecule has 2 N–H and O–H groups in total. The molecular formula is C21H22N4O3. The maximum Gasteiger partial charge on any atom is 0.266 e. The lowest BCUT2D eigenvalue weighted by Crippen LogP contribution is -2.33. The fourth-order valence-corrected chi connectivity index (χ4v) is 2.89. The van der Waals surface area contributed by atoms with Crippen LogP contribution < -0.4 is 16.4 Å². The van der Waals surface area contributed by atoms with Crippen LogP contribution >= 0.6 is 0 Å². The Kier molecular flexibility index (Phi) is 5.84. The van der Waals surface area contributed by atoms with Crippen molar-refractivity contribution in [2.45, 2.75) is 26.3 Å². The lowest BCUT2D eigenvalue weighted by molar-refractivity contribution is 0.0950. The van der Waals surface area contributed by atoms with Crippen molar-refractivity contribution in [3.63, 3.8) is 0 Å². The number of carbonyl (C=O) groups is 1. The number of pyridine rings is 1. The third-order valence-corrected chi connectivity index (χ3v) is 4.32. The van der Waals surface area contributed by atoms with Gasteiger partial charge in [-0.15, -0.1) is 0 Å². The first-order chi connectivity index (χ1) is 13.5. The standard InChI is InChI=1S/C21H22N4O3/c1-14(2)20-16(8-10-18(26)23-20)21(28)22-12-13-25-19(27)11-9-17(24-25)15-6-4-3-5-7-15/h3-11,14H,12-13H2,1-2H3,(H,22,28)(H,23,26). The quantitative estimate of drug-likeness (QED) is 0.687. The fourth-order valence-electron chi connectivity index (χ4n) is 2.89. The first-order valence-corrected chi connectivity index (χ1v) is 9.10. The Bertz CT molecular complexity index is 1080. The zero-order valence-corrected chi connectivity index (χ0v) is 15.8. The van der Waals surface area contributed by atoms with Gasteiger partial charge in [0.05, 0.1) is 17.8 Å². The van der Waals surface area contributed by atoms with Crippen LogP contribution in [0.15, 0.2) is 64.2 Å². The molecule has 0 saturated heterocycles. The molecule has 0 spiro atoms. The number of carbonyl (C=O) groups excluding carboxylic acids is 1. The topological polar surface area (TPSA) is 96.8 Å². The zero-order valence-electron chi connectivity index (χ0n) is 15.8. The van der Waals surface area contributed by atoms with E-state index in [-0.39, 0.29) is 36.0 Å². The van der Waals surface area contributed by atoms with Crippen LogP contribution in [0.5, 0.6) is 0 Å². The van der Waals surface area contributed by atoms with Crippen molar-refractivity contribution < 1.29 is 4.79 Å². The number of benzene rings is 1. The largest absolute Gasteiger partial charge is 0.350 e. The summed E-state index contributed by atoms with van der Waals surface area (Å²) in [7, 11) is 0. The SMILES string of the molecule is CC(C)c1[nH]c(=O)ccc1C(=O)NCCn1nc(-c2ccccc2)ccc1=O. The van der Waals surface area contributed by atoms with Gasteiger partial charge in [0.1, 0.15) is 0 Å². The average molecular weight is 378 g/mol. The molecule has 2 aromatic heterocycles. The molecule has 3 rings (SSSR count). The van der Waals surface area contributed by atoms with E-state index < -0.39 is 0 Å². The molecule has 0 fully saturated rings. The second-order valence-corrected chi connectivity index (χ2v) is 6.71. The number of rotatable bonds is 6. The molecule has 0 bridgehead atoms. The van der Waals surface area contributed by atoms with Crippen LogP contribution in [0.25, 0.3) is 11.3 Å². The molecule has 7 nitrogen and oxygen atoms in total. The summed E-state index contributed by atoms with van der Waals surface area (Å²) in [6.07, 6.45) is 0. The van der Waals surface area contributed by atoms with Crippen molar-refractivity contribution in [1.82, 2.24) is 20.1 Å². The van der Waals surface area contributed by atoms with Crippen molar-refractivity contribution in [2.24, 2.45) is 0 Å². The Hall–Kier alpha value is -3.48. The number of hydrogen-bond acceptors (Lipinski definition) is 4. The Morgan fingerprint density at radius 2 is 1.82 bits per heavy atom. The van der Waals surface area contributed by atoms with Gasteiger partial charge in [-0.1, -0.05) is 44.2 Å². The molecule has 0 unspecified atom stereocenters. The van der Waals surface area contributed by atoms with Crippen LogP contribution in [0, 0.1) is 0 Å². The molecule has 2 heterocycles. The van der Waals surface area contributed by atoms with E-state index in [1.165, 1.54) is 22.9 Å². The molecule has 28 heavy (non-hydrogen) atoms. The third kappa shape index (κ3) is 4.43. The average Bonchev–Trinajstić information content (AvgIpc) is 2.69. The molecule has 0 aliphatic carbocycles. The number of hydrogen-bond donors (Lipinski definition) is 2. The molecule has 0 radical (unpaired) electrons. The van der Waals surface area contributed by atoms with Crippen molar-refractivity contribution in [2.75, 3.05) is 6.54 Å². The van der Waals surface area contributed by atoms with Gasteiger partial charge in [-0.2, -0.15) is 5.10 Å². The molecule has 0 atom stereocenters. The predicted octanol–water partition coefficient (Wildman–Crippen LogP) is 2.15. The monoisotopic (exact) mass is 378 g/mol. The van der Waals surface area contributed by atoms with E-state index in [4.69, 9.17) is 0 Å². The summed E-state index contributed by atoms with van der Waals surface area (Å²) in [5.74, 6) is -0.297. The number of amides is 1. The minimum atomic E-state index is -0.299. The molecule has 1 amide bonds. The normalized spacial score (nSPS) is 10.8. The van der Waals surface area contributed by atoms with Gasteiger partial charge in [0.25, 0.3) is 11.5 Å². The highest BCUT2D eigenvalue weighted by atomic mass is 16.2. The molecule has 144 valence electrons. The molecule has 0 saturated carbocycles. The Balaban J connectivity index is 1.71. The van der Waals surface area contributed by atoms with Crippen molar-refractivity contribution >= 4 is 5.91 Å². The molecule has 3 aromatic rings. The Morgan fingerprint density at radius 3 is 2.54 bits per heavy atom. The number of aromatic nitrogens is 3. The minimum Gasteiger partial charge on any atom is -0.350 e. The predicted molar refractivity (Wildman–Crippen MR) is 107 cm³/mol. The summed E-state index contributed by atoms with van der Waals surface area (Å²) >= 11 is 0. The van der Waals surface area contributed by atoms with Gasteiger partial charge in [0.15, 0.2) is 0 Å². The maximum atomic E-state index is 12.5. The van der Waals surface area contributed by atoms with Crippen LogP contribution in [-0.2, 0) is 6.54 Å². The summed E-state index contributed by atoms with van der Waals surface area (Å²) in [6, 6.07) is 15.6. The van der Waals surface area contributed by atoms with Crippen LogP contribution in [-0.4, -0.2) is 27.2 Å². The van der Waals surface area contributed by atoms with E-state index in [2.05, 4.69) is 15.4 Å². The Morgan fingerprint density at radius 1 is 1.07 bits per heavy atom. The van der Waals surface area contributed by atoms with Gasteiger partial charge in [-0.25, -0.2) is 4.68 Å². The van der Waals surface area contributed by atoms with E-state index in [0.717, 1.165) is 5.56 Å².